The van der Waals surface area contributed by atoms with Crippen LogP contribution in [0.2, 0.25) is 0 Å². The van der Waals surface area contributed by atoms with Crippen LogP contribution in [0.3, 0.4) is 0 Å². The second-order valence-corrected chi connectivity index (χ2v) is 9.19. The minimum Gasteiger partial charge on any atom is -0.464 e. The summed E-state index contributed by atoms with van der Waals surface area (Å²) in [6, 6.07) is 10.2. The van der Waals surface area contributed by atoms with Crippen molar-refractivity contribution in [1.82, 2.24) is 19.8 Å². The molecule has 33 heavy (non-hydrogen) atoms. The number of aryl methyl sites for hydroxylation is 1. The highest BCUT2D eigenvalue weighted by atomic mass is 16.5. The number of imidazole rings is 1. The number of hydrogen-bond acceptors (Lipinski definition) is 5. The lowest BCUT2D eigenvalue weighted by Crippen LogP contribution is -2.65. The number of hydrogen-bond donors (Lipinski definition) is 1. The number of methoxy groups -OCH3 is 1. The molecule has 1 aliphatic carbocycles. The number of rotatable bonds is 7. The number of carbonyl (C=O) groups excluding carboxylic acids is 3. The van der Waals surface area contributed by atoms with Crippen LogP contribution in [0.1, 0.15) is 72.0 Å². The van der Waals surface area contributed by atoms with E-state index in [0.717, 1.165) is 32.1 Å². The van der Waals surface area contributed by atoms with E-state index in [1.54, 1.807) is 9.47 Å². The highest BCUT2D eigenvalue weighted by molar-refractivity contribution is 6.06. The molecule has 1 N–H and O–H groups in total. The number of benzene rings is 1. The van der Waals surface area contributed by atoms with Gasteiger partial charge in [0.2, 0.25) is 5.91 Å². The first-order chi connectivity index (χ1) is 15.9. The molecule has 4 rings (SSSR count). The van der Waals surface area contributed by atoms with E-state index in [9.17, 15) is 14.4 Å². The van der Waals surface area contributed by atoms with Crippen LogP contribution in [0, 0.1) is 0 Å². The molecular weight excluding hydrogens is 420 g/mol. The van der Waals surface area contributed by atoms with Crippen LogP contribution in [0.4, 0.5) is 0 Å². The zero-order valence-corrected chi connectivity index (χ0v) is 19.4. The maximum absolute atomic E-state index is 13.7. The molecule has 1 saturated carbocycles. The van der Waals surface area contributed by atoms with E-state index >= 15 is 0 Å². The summed E-state index contributed by atoms with van der Waals surface area (Å²) in [5.41, 5.74) is 0.275. The summed E-state index contributed by atoms with van der Waals surface area (Å²) in [5, 5.41) is 3.20. The second kappa shape index (κ2) is 9.77. The quantitative estimate of drug-likeness (QED) is 0.652. The standard InChI is InChI=1S/C25H32N4O4/c1-25(24(32)27-19-13-7-4-8-14-19)16-28-17-26-20(23(31)33-2)21(28)22(30)29(25)15-9-12-18-10-5-3-6-11-18/h3,5-6,10-11,17,19H,4,7-9,12-16H2,1-2H3,(H,27,32)/t25-/m1/s1. The molecule has 0 spiro atoms. The molecule has 2 heterocycles. The van der Waals surface area contributed by atoms with E-state index in [2.05, 4.69) is 22.4 Å². The molecule has 176 valence electrons. The van der Waals surface area contributed by atoms with Gasteiger partial charge in [-0.3, -0.25) is 9.59 Å². The zero-order valence-electron chi connectivity index (χ0n) is 19.4. The minimum absolute atomic E-state index is 0.00898. The van der Waals surface area contributed by atoms with E-state index in [-0.39, 0.29) is 35.8 Å². The van der Waals surface area contributed by atoms with Crippen molar-refractivity contribution in [3.63, 3.8) is 0 Å². The SMILES string of the molecule is COC(=O)c1ncn2c1C(=O)N(CCCc1ccccc1)[C@@](C)(C(=O)NC1CCCCC1)C2. The maximum Gasteiger partial charge on any atom is 0.359 e. The fourth-order valence-corrected chi connectivity index (χ4v) is 4.96. The summed E-state index contributed by atoms with van der Waals surface area (Å²) in [6.07, 6.45) is 8.28. The Morgan fingerprint density at radius 3 is 2.61 bits per heavy atom. The van der Waals surface area contributed by atoms with Crippen LogP contribution < -0.4 is 5.32 Å². The Bertz CT molecular complexity index is 1010. The Morgan fingerprint density at radius 2 is 1.91 bits per heavy atom. The summed E-state index contributed by atoms with van der Waals surface area (Å²) < 4.78 is 6.43. The van der Waals surface area contributed by atoms with Gasteiger partial charge in [-0.15, -0.1) is 0 Å². The van der Waals surface area contributed by atoms with Gasteiger partial charge in [0.15, 0.2) is 5.69 Å². The summed E-state index contributed by atoms with van der Waals surface area (Å²) in [4.78, 5) is 45.2. The third kappa shape index (κ3) is 4.65. The monoisotopic (exact) mass is 452 g/mol. The van der Waals surface area contributed by atoms with Gasteiger partial charge >= 0.3 is 5.97 Å². The van der Waals surface area contributed by atoms with Crippen LogP contribution in [0.15, 0.2) is 36.7 Å². The number of nitrogens with zero attached hydrogens (tertiary/aromatic N) is 3. The van der Waals surface area contributed by atoms with Crippen molar-refractivity contribution in [1.29, 1.82) is 0 Å². The Balaban J connectivity index is 1.60. The highest BCUT2D eigenvalue weighted by Gasteiger charge is 2.49. The average Bonchev–Trinajstić information content (AvgIpc) is 3.25. The van der Waals surface area contributed by atoms with Gasteiger partial charge in [0.05, 0.1) is 20.0 Å². The molecule has 1 atom stereocenters. The maximum atomic E-state index is 13.7. The molecule has 0 radical (unpaired) electrons. The lowest BCUT2D eigenvalue weighted by molar-refractivity contribution is -0.133. The fourth-order valence-electron chi connectivity index (χ4n) is 4.96. The molecule has 0 saturated heterocycles. The predicted octanol–water partition coefficient (Wildman–Crippen LogP) is 2.97. The Kier molecular flexibility index (Phi) is 6.81. The first-order valence-corrected chi connectivity index (χ1v) is 11.7. The van der Waals surface area contributed by atoms with Gasteiger partial charge in [0.25, 0.3) is 5.91 Å². The molecule has 0 bridgehead atoms. The van der Waals surface area contributed by atoms with E-state index in [0.29, 0.717) is 13.0 Å². The van der Waals surface area contributed by atoms with E-state index in [1.807, 2.05) is 25.1 Å². The van der Waals surface area contributed by atoms with Crippen molar-refractivity contribution < 1.29 is 19.1 Å². The van der Waals surface area contributed by atoms with Crippen molar-refractivity contribution in [2.75, 3.05) is 13.7 Å². The van der Waals surface area contributed by atoms with Crippen molar-refractivity contribution in [3.05, 3.63) is 53.6 Å². The van der Waals surface area contributed by atoms with Crippen LogP contribution in [-0.4, -0.2) is 57.5 Å². The Hall–Kier alpha value is -3.16. The summed E-state index contributed by atoms with van der Waals surface area (Å²) in [5.74, 6) is -1.17. The Morgan fingerprint density at radius 1 is 1.18 bits per heavy atom. The molecule has 1 aromatic heterocycles. The van der Waals surface area contributed by atoms with Gasteiger partial charge < -0.3 is 19.5 Å². The Labute approximate surface area is 194 Å². The molecule has 2 aliphatic rings. The smallest absolute Gasteiger partial charge is 0.359 e. The fraction of sp³-hybridized carbons (Fsp3) is 0.520. The normalized spacial score (nSPS) is 20.9. The zero-order chi connectivity index (χ0) is 23.4. The van der Waals surface area contributed by atoms with Gasteiger partial charge in [-0.2, -0.15) is 0 Å². The topological polar surface area (TPSA) is 93.5 Å². The van der Waals surface area contributed by atoms with Crippen molar-refractivity contribution in [3.8, 4) is 0 Å². The molecule has 1 aromatic carbocycles. The van der Waals surface area contributed by atoms with Crippen LogP contribution in [0.25, 0.3) is 0 Å². The number of aromatic nitrogens is 2. The lowest BCUT2D eigenvalue weighted by Gasteiger charge is -2.44. The van der Waals surface area contributed by atoms with Crippen LogP contribution >= 0.6 is 0 Å². The molecule has 8 heteroatoms. The van der Waals surface area contributed by atoms with Gasteiger partial charge in [0.1, 0.15) is 11.2 Å². The highest BCUT2D eigenvalue weighted by Crippen LogP contribution is 2.30. The number of esters is 1. The van der Waals surface area contributed by atoms with Gasteiger partial charge in [-0.1, -0.05) is 49.6 Å². The molecular formula is C25H32N4O4. The third-order valence-corrected chi connectivity index (χ3v) is 6.86. The molecule has 2 aromatic rings. The van der Waals surface area contributed by atoms with E-state index < -0.39 is 11.5 Å². The largest absolute Gasteiger partial charge is 0.464 e. The van der Waals surface area contributed by atoms with Crippen LogP contribution in [-0.2, 0) is 22.5 Å². The minimum atomic E-state index is -1.08. The third-order valence-electron chi connectivity index (χ3n) is 6.86. The average molecular weight is 453 g/mol. The van der Waals surface area contributed by atoms with Gasteiger partial charge in [-0.05, 0) is 38.2 Å². The molecule has 1 aliphatic heterocycles. The first kappa shape index (κ1) is 23.0. The number of amides is 2. The van der Waals surface area contributed by atoms with Gasteiger partial charge in [-0.25, -0.2) is 9.78 Å². The molecule has 0 unspecified atom stereocenters. The molecule has 8 nitrogen and oxygen atoms in total. The summed E-state index contributed by atoms with van der Waals surface area (Å²) in [7, 11) is 1.26. The second-order valence-electron chi connectivity index (χ2n) is 9.19. The predicted molar refractivity (Wildman–Crippen MR) is 123 cm³/mol. The summed E-state index contributed by atoms with van der Waals surface area (Å²) in [6.45, 7) is 2.45. The van der Waals surface area contributed by atoms with Crippen molar-refractivity contribution in [2.45, 2.75) is 70.0 Å². The summed E-state index contributed by atoms with van der Waals surface area (Å²) >= 11 is 0. The number of nitrogens with one attached hydrogen (secondary N) is 1. The van der Waals surface area contributed by atoms with E-state index in [4.69, 9.17) is 4.74 Å². The van der Waals surface area contributed by atoms with Gasteiger partial charge in [0, 0.05) is 12.6 Å². The number of fused-ring (bicyclic) bond motifs is 1. The lowest BCUT2D eigenvalue weighted by atomic mass is 9.91. The van der Waals surface area contributed by atoms with Crippen LogP contribution in [0.5, 0.6) is 0 Å². The van der Waals surface area contributed by atoms with E-state index in [1.165, 1.54) is 25.4 Å². The number of ether oxygens (including phenoxy) is 1. The molecule has 2 amide bonds. The van der Waals surface area contributed by atoms with Crippen molar-refractivity contribution in [2.24, 2.45) is 0 Å². The first-order valence-electron chi connectivity index (χ1n) is 11.7. The van der Waals surface area contributed by atoms with Crippen molar-refractivity contribution >= 4 is 17.8 Å². The molecule has 1 fully saturated rings. The number of carbonyl (C=O) groups is 3.